The Morgan fingerprint density at radius 2 is 1.73 bits per heavy atom. The van der Waals surface area contributed by atoms with Gasteiger partial charge in [0.2, 0.25) is 0 Å². The van der Waals surface area contributed by atoms with Crippen molar-refractivity contribution in [3.05, 3.63) is 66.0 Å². The maximum Gasteiger partial charge on any atom is 0.328 e. The lowest BCUT2D eigenvalue weighted by Crippen LogP contribution is -2.16. The summed E-state index contributed by atoms with van der Waals surface area (Å²) in [6, 6.07) is 11.8. The number of amides is 1. The molecule has 0 aliphatic rings. The van der Waals surface area contributed by atoms with Crippen molar-refractivity contribution >= 4 is 17.6 Å². The monoisotopic (exact) mass is 453 g/mol. The van der Waals surface area contributed by atoms with Gasteiger partial charge in [-0.3, -0.25) is 9.48 Å². The molecule has 2 N–H and O–H groups in total. The summed E-state index contributed by atoms with van der Waals surface area (Å²) in [5.41, 5.74) is 1.78. The number of carbonyl (C=O) groups is 2. The topological polar surface area (TPSA) is 112 Å². The Morgan fingerprint density at radius 3 is 2.39 bits per heavy atom. The van der Waals surface area contributed by atoms with Gasteiger partial charge in [0, 0.05) is 11.9 Å². The summed E-state index contributed by atoms with van der Waals surface area (Å²) in [4.78, 5) is 23.5. The molecular weight excluding hydrogens is 426 g/mol. The number of rotatable bonds is 11. The molecule has 0 radical (unpaired) electrons. The van der Waals surface area contributed by atoms with Crippen molar-refractivity contribution in [3.63, 3.8) is 0 Å². The van der Waals surface area contributed by atoms with Crippen LogP contribution >= 0.6 is 0 Å². The lowest BCUT2D eigenvalue weighted by Gasteiger charge is -2.13. The smallest absolute Gasteiger partial charge is 0.328 e. The van der Waals surface area contributed by atoms with Crippen LogP contribution in [-0.2, 0) is 11.4 Å². The second-order valence-electron chi connectivity index (χ2n) is 7.14. The first-order valence-corrected chi connectivity index (χ1v) is 10.6. The van der Waals surface area contributed by atoms with Crippen molar-refractivity contribution in [2.75, 3.05) is 18.5 Å². The molecule has 0 saturated heterocycles. The maximum atomic E-state index is 12.4. The van der Waals surface area contributed by atoms with Gasteiger partial charge in [0.05, 0.1) is 25.0 Å². The van der Waals surface area contributed by atoms with E-state index in [4.69, 9.17) is 19.3 Å². The molecule has 0 spiro atoms. The largest absolute Gasteiger partial charge is 0.490 e. The summed E-state index contributed by atoms with van der Waals surface area (Å²) in [6.45, 7) is 6.77. The lowest BCUT2D eigenvalue weighted by molar-refractivity contribution is -0.140. The van der Waals surface area contributed by atoms with E-state index in [1.165, 1.54) is 24.0 Å². The molecule has 0 aliphatic heterocycles. The normalized spacial score (nSPS) is 11.5. The summed E-state index contributed by atoms with van der Waals surface area (Å²) in [6.07, 6.45) is 2.73. The third-order valence-electron chi connectivity index (χ3n) is 4.74. The predicted octanol–water partition coefficient (Wildman–Crippen LogP) is 4.16. The number of aromatic nitrogens is 2. The molecule has 0 aliphatic carbocycles. The molecule has 3 aromatic rings. The van der Waals surface area contributed by atoms with Crippen molar-refractivity contribution in [1.29, 1.82) is 0 Å². The lowest BCUT2D eigenvalue weighted by atomic mass is 10.2. The molecule has 174 valence electrons. The van der Waals surface area contributed by atoms with Crippen molar-refractivity contribution < 1.29 is 28.9 Å². The average Bonchev–Trinajstić information content (AvgIpc) is 3.30. The van der Waals surface area contributed by atoms with Gasteiger partial charge in [0.15, 0.2) is 11.5 Å². The van der Waals surface area contributed by atoms with Gasteiger partial charge in [-0.2, -0.15) is 5.10 Å². The third kappa shape index (κ3) is 6.25. The minimum absolute atomic E-state index is 0.268. The second kappa shape index (κ2) is 11.0. The first-order valence-electron chi connectivity index (χ1n) is 10.6. The van der Waals surface area contributed by atoms with Gasteiger partial charge in [-0.15, -0.1) is 0 Å². The number of nitrogens with zero attached hydrogens (tertiary/aromatic N) is 2. The first-order chi connectivity index (χ1) is 15.9. The van der Waals surface area contributed by atoms with Crippen LogP contribution in [0.25, 0.3) is 0 Å². The number of anilines is 1. The van der Waals surface area contributed by atoms with Crippen molar-refractivity contribution in [1.82, 2.24) is 9.78 Å². The predicted molar refractivity (Wildman–Crippen MR) is 122 cm³/mol. The number of nitrogens with one attached hydrogen (secondary N) is 1. The molecule has 2 aromatic carbocycles. The van der Waals surface area contributed by atoms with E-state index in [0.717, 1.165) is 5.56 Å². The van der Waals surface area contributed by atoms with Crippen LogP contribution in [0.3, 0.4) is 0 Å². The van der Waals surface area contributed by atoms with Crippen LogP contribution in [0, 0.1) is 0 Å². The third-order valence-corrected chi connectivity index (χ3v) is 4.74. The van der Waals surface area contributed by atoms with E-state index in [-0.39, 0.29) is 11.5 Å². The van der Waals surface area contributed by atoms with Gasteiger partial charge in [-0.25, -0.2) is 4.79 Å². The highest BCUT2D eigenvalue weighted by Crippen LogP contribution is 2.29. The Hall–Kier alpha value is -4.01. The fourth-order valence-corrected chi connectivity index (χ4v) is 2.97. The fraction of sp³-hybridized carbons (Fsp3) is 0.292. The Balaban J connectivity index is 1.58. The number of benzene rings is 2. The number of carboxylic acids is 1. The number of ether oxygens (including phenoxy) is 3. The summed E-state index contributed by atoms with van der Waals surface area (Å²) in [5, 5.41) is 15.7. The molecule has 1 atom stereocenters. The maximum absolute atomic E-state index is 12.4. The average molecular weight is 453 g/mol. The Kier molecular flexibility index (Phi) is 7.91. The van der Waals surface area contributed by atoms with Gasteiger partial charge >= 0.3 is 5.97 Å². The highest BCUT2D eigenvalue weighted by Gasteiger charge is 2.16. The van der Waals surface area contributed by atoms with Crippen molar-refractivity contribution in [3.8, 4) is 17.2 Å². The van der Waals surface area contributed by atoms with Crippen LogP contribution in [-0.4, -0.2) is 40.0 Å². The van der Waals surface area contributed by atoms with Crippen LogP contribution in [0.1, 0.15) is 42.7 Å². The van der Waals surface area contributed by atoms with E-state index < -0.39 is 12.0 Å². The van der Waals surface area contributed by atoms with Gasteiger partial charge in [0.1, 0.15) is 18.4 Å². The standard InChI is InChI=1S/C24H27N3O6/c1-4-31-21-11-6-17(12-22(21)32-5-2)15-33-20-9-7-19(8-10-20)26-23(28)18-13-25-27(14-18)16(3)24(29)30/h6-14,16H,4-5,15H2,1-3H3,(H,26,28)(H,29,30). The summed E-state index contributed by atoms with van der Waals surface area (Å²) in [7, 11) is 0. The van der Waals surface area contributed by atoms with Crippen LogP contribution in [0.2, 0.25) is 0 Å². The van der Waals surface area contributed by atoms with Crippen LogP contribution in [0.15, 0.2) is 54.9 Å². The molecule has 0 saturated carbocycles. The molecule has 9 nitrogen and oxygen atoms in total. The molecular formula is C24H27N3O6. The van der Waals surface area contributed by atoms with E-state index >= 15 is 0 Å². The molecule has 1 unspecified atom stereocenters. The van der Waals surface area contributed by atoms with E-state index in [1.807, 2.05) is 32.0 Å². The van der Waals surface area contributed by atoms with E-state index in [0.29, 0.717) is 42.8 Å². The van der Waals surface area contributed by atoms with Gasteiger partial charge < -0.3 is 24.6 Å². The van der Waals surface area contributed by atoms with E-state index in [9.17, 15) is 9.59 Å². The van der Waals surface area contributed by atoms with E-state index in [2.05, 4.69) is 10.4 Å². The number of aliphatic carboxylic acids is 1. The van der Waals surface area contributed by atoms with E-state index in [1.54, 1.807) is 24.3 Å². The summed E-state index contributed by atoms with van der Waals surface area (Å²) in [5.74, 6) is 0.610. The number of hydrogen-bond acceptors (Lipinski definition) is 6. The molecule has 9 heteroatoms. The molecule has 0 fully saturated rings. The molecule has 1 amide bonds. The SMILES string of the molecule is CCOc1ccc(COc2ccc(NC(=O)c3cnn(C(C)C(=O)O)c3)cc2)cc1OCC. The zero-order chi connectivity index (χ0) is 23.8. The highest BCUT2D eigenvalue weighted by atomic mass is 16.5. The molecule has 33 heavy (non-hydrogen) atoms. The zero-order valence-corrected chi connectivity index (χ0v) is 18.8. The van der Waals surface area contributed by atoms with Crippen LogP contribution in [0.5, 0.6) is 17.2 Å². The highest BCUT2D eigenvalue weighted by molar-refractivity contribution is 6.04. The Bertz CT molecular complexity index is 1090. The first kappa shape index (κ1) is 23.6. The number of carboxylic acid groups (broad SMARTS) is 1. The molecule has 0 bridgehead atoms. The van der Waals surface area contributed by atoms with Gasteiger partial charge in [-0.1, -0.05) is 6.07 Å². The minimum atomic E-state index is -1.03. The molecule has 1 aromatic heterocycles. The zero-order valence-electron chi connectivity index (χ0n) is 18.8. The number of carbonyl (C=O) groups excluding carboxylic acids is 1. The molecule has 3 rings (SSSR count). The van der Waals surface area contributed by atoms with Gasteiger partial charge in [0.25, 0.3) is 5.91 Å². The number of hydrogen-bond donors (Lipinski definition) is 2. The second-order valence-corrected chi connectivity index (χ2v) is 7.14. The van der Waals surface area contributed by atoms with Crippen molar-refractivity contribution in [2.45, 2.75) is 33.4 Å². The van der Waals surface area contributed by atoms with Crippen LogP contribution < -0.4 is 19.5 Å². The summed E-state index contributed by atoms with van der Waals surface area (Å²) < 4.78 is 18.3. The van der Waals surface area contributed by atoms with Crippen molar-refractivity contribution in [2.24, 2.45) is 0 Å². The van der Waals surface area contributed by atoms with Gasteiger partial charge in [-0.05, 0) is 62.7 Å². The Morgan fingerprint density at radius 1 is 1.03 bits per heavy atom. The Labute approximate surface area is 191 Å². The van der Waals surface area contributed by atoms with Crippen LogP contribution in [0.4, 0.5) is 5.69 Å². The quantitative estimate of drug-likeness (QED) is 0.448. The fourth-order valence-electron chi connectivity index (χ4n) is 2.97. The molecule has 1 heterocycles. The summed E-state index contributed by atoms with van der Waals surface area (Å²) >= 11 is 0. The minimum Gasteiger partial charge on any atom is -0.490 e.